The van der Waals surface area contributed by atoms with E-state index in [4.69, 9.17) is 5.11 Å². The van der Waals surface area contributed by atoms with Gasteiger partial charge < -0.3 is 20.6 Å². The van der Waals surface area contributed by atoms with Gasteiger partial charge in [-0.1, -0.05) is 48.5 Å². The predicted octanol–water partition coefficient (Wildman–Crippen LogP) is 6.32. The van der Waals surface area contributed by atoms with Gasteiger partial charge in [-0.05, 0) is 62.3 Å². The Labute approximate surface area is 231 Å². The second kappa shape index (κ2) is 13.8. The monoisotopic (exact) mass is 552 g/mol. The van der Waals surface area contributed by atoms with Crippen molar-refractivity contribution in [1.29, 1.82) is 0 Å². The highest BCUT2D eigenvalue weighted by Gasteiger charge is 2.30. The number of anilines is 1. The van der Waals surface area contributed by atoms with E-state index in [0.29, 0.717) is 35.6 Å². The number of carboxylic acid groups (broad SMARTS) is 2. The summed E-state index contributed by atoms with van der Waals surface area (Å²) in [5.41, 5.74) is 0.450. The average Bonchev–Trinajstić information content (AvgIpc) is 2.92. The lowest BCUT2D eigenvalue weighted by atomic mass is 9.80. The predicted molar refractivity (Wildman–Crippen MR) is 151 cm³/mol. The molecule has 10 heteroatoms. The van der Waals surface area contributed by atoms with Gasteiger partial charge in [0.05, 0.1) is 21.7 Å². The summed E-state index contributed by atoms with van der Waals surface area (Å²) >= 11 is 1.37. The van der Waals surface area contributed by atoms with Crippen molar-refractivity contribution in [3.8, 4) is 0 Å². The van der Waals surface area contributed by atoms with Crippen LogP contribution in [0.25, 0.3) is 0 Å². The molecule has 0 unspecified atom stereocenters. The van der Waals surface area contributed by atoms with Crippen LogP contribution in [0, 0.1) is 16.0 Å². The van der Waals surface area contributed by atoms with Gasteiger partial charge in [0.15, 0.2) is 0 Å². The Morgan fingerprint density at radius 1 is 1.00 bits per heavy atom. The molecule has 1 aliphatic rings. The maximum atomic E-state index is 11.9. The lowest BCUT2D eigenvalue weighted by Crippen LogP contribution is -2.32. The Balaban J connectivity index is 0.000000395. The smallest absolute Gasteiger partial charge is 0.338 e. The van der Waals surface area contributed by atoms with E-state index in [2.05, 4.69) is 5.32 Å². The Morgan fingerprint density at radius 2 is 1.59 bits per heavy atom. The van der Waals surface area contributed by atoms with Gasteiger partial charge in [-0.15, -0.1) is 11.8 Å². The van der Waals surface area contributed by atoms with Crippen LogP contribution >= 0.6 is 11.8 Å². The zero-order valence-corrected chi connectivity index (χ0v) is 22.4. The lowest BCUT2D eigenvalue weighted by Gasteiger charge is -2.33. The summed E-state index contributed by atoms with van der Waals surface area (Å²) in [4.78, 5) is 33.8. The van der Waals surface area contributed by atoms with Crippen molar-refractivity contribution in [3.63, 3.8) is 0 Å². The Bertz CT molecular complexity index is 1240. The molecule has 0 aromatic heterocycles. The van der Waals surface area contributed by atoms with Gasteiger partial charge in [-0.2, -0.15) is 0 Å². The molecule has 0 saturated heterocycles. The zero-order chi connectivity index (χ0) is 28.4. The van der Waals surface area contributed by atoms with E-state index in [1.165, 1.54) is 23.9 Å². The number of nitrogens with one attached hydrogen (secondary N) is 1. The summed E-state index contributed by atoms with van der Waals surface area (Å²) < 4.78 is 0. The van der Waals surface area contributed by atoms with Gasteiger partial charge in [-0.3, -0.25) is 10.1 Å². The van der Waals surface area contributed by atoms with E-state index in [0.717, 1.165) is 18.4 Å². The van der Waals surface area contributed by atoms with Gasteiger partial charge in [0.2, 0.25) is 0 Å². The van der Waals surface area contributed by atoms with Crippen molar-refractivity contribution in [2.24, 2.45) is 5.92 Å². The third kappa shape index (κ3) is 9.12. The number of aromatic carboxylic acids is 2. The molecule has 1 fully saturated rings. The average molecular weight is 553 g/mol. The minimum absolute atomic E-state index is 0.0499. The number of hydrogen-bond donors (Lipinski definition) is 4. The molecular weight excluding hydrogens is 520 g/mol. The van der Waals surface area contributed by atoms with Crippen molar-refractivity contribution in [3.05, 3.63) is 99.6 Å². The van der Waals surface area contributed by atoms with Crippen LogP contribution in [0.4, 0.5) is 11.4 Å². The van der Waals surface area contributed by atoms with Gasteiger partial charge in [0.1, 0.15) is 5.69 Å². The molecule has 1 saturated carbocycles. The SMILES string of the molecule is CC1(O)CCC(CNc2c(C(=O)O)cc(SCc3ccccc3)cc2[N+](=O)[O-])CC1.O=C(O)c1ccccc1. The first-order valence-electron chi connectivity index (χ1n) is 12.5. The molecule has 0 amide bonds. The molecule has 206 valence electrons. The standard InChI is InChI=1S/C22H26N2O5S.C7H6O2/c1-22(27)9-7-15(8-10-22)13-23-20-18(21(25)26)11-17(12-19(20)24(28)29)30-14-16-5-3-2-4-6-16;8-7(9)6-4-2-1-3-5-6/h2-6,11-12,15,23,27H,7-10,13-14H2,1H3,(H,25,26);1-5H,(H,8,9). The number of thioether (sulfide) groups is 1. The zero-order valence-electron chi connectivity index (χ0n) is 21.6. The number of rotatable bonds is 9. The molecule has 0 aliphatic heterocycles. The fourth-order valence-electron chi connectivity index (χ4n) is 4.25. The van der Waals surface area contributed by atoms with Crippen molar-refractivity contribution in [2.45, 2.75) is 48.9 Å². The summed E-state index contributed by atoms with van der Waals surface area (Å²) in [5, 5.41) is 42.9. The van der Waals surface area contributed by atoms with Crippen LogP contribution in [0.15, 0.2) is 77.7 Å². The third-order valence-electron chi connectivity index (χ3n) is 6.54. The molecule has 0 heterocycles. The molecule has 9 nitrogen and oxygen atoms in total. The van der Waals surface area contributed by atoms with E-state index in [1.54, 1.807) is 30.3 Å². The molecule has 0 radical (unpaired) electrons. The first kappa shape index (κ1) is 29.7. The molecule has 4 rings (SSSR count). The molecule has 3 aromatic rings. The number of nitro groups is 1. The summed E-state index contributed by atoms with van der Waals surface area (Å²) in [7, 11) is 0. The number of carboxylic acids is 2. The van der Waals surface area contributed by atoms with Crippen LogP contribution in [0.5, 0.6) is 0 Å². The van der Waals surface area contributed by atoms with Gasteiger partial charge in [0, 0.05) is 23.3 Å². The highest BCUT2D eigenvalue weighted by atomic mass is 32.2. The first-order valence-corrected chi connectivity index (χ1v) is 13.5. The molecule has 3 aromatic carbocycles. The topological polar surface area (TPSA) is 150 Å². The number of aliphatic hydroxyl groups is 1. The second-order valence-corrected chi connectivity index (χ2v) is 10.7. The molecular formula is C29H32N2O7S. The van der Waals surface area contributed by atoms with Crippen LogP contribution in [-0.4, -0.2) is 44.3 Å². The Kier molecular flexibility index (Phi) is 10.5. The van der Waals surface area contributed by atoms with Crippen LogP contribution in [0.3, 0.4) is 0 Å². The maximum absolute atomic E-state index is 11.9. The van der Waals surface area contributed by atoms with Crippen molar-refractivity contribution >= 4 is 35.1 Å². The molecule has 4 N–H and O–H groups in total. The Morgan fingerprint density at radius 3 is 2.10 bits per heavy atom. The minimum Gasteiger partial charge on any atom is -0.478 e. The normalized spacial score (nSPS) is 18.4. The van der Waals surface area contributed by atoms with Crippen LogP contribution in [0.1, 0.15) is 58.9 Å². The number of carbonyl (C=O) groups is 2. The first-order chi connectivity index (χ1) is 18.6. The van der Waals surface area contributed by atoms with Crippen molar-refractivity contribution in [2.75, 3.05) is 11.9 Å². The number of benzene rings is 3. The highest BCUT2D eigenvalue weighted by molar-refractivity contribution is 7.98. The lowest BCUT2D eigenvalue weighted by molar-refractivity contribution is -0.384. The van der Waals surface area contributed by atoms with E-state index < -0.39 is 22.5 Å². The van der Waals surface area contributed by atoms with Crippen molar-refractivity contribution in [1.82, 2.24) is 0 Å². The van der Waals surface area contributed by atoms with Crippen LogP contribution in [0.2, 0.25) is 0 Å². The molecule has 0 spiro atoms. The quantitative estimate of drug-likeness (QED) is 0.136. The van der Waals surface area contributed by atoms with Crippen LogP contribution in [-0.2, 0) is 5.75 Å². The fraction of sp³-hybridized carbons (Fsp3) is 0.310. The third-order valence-corrected chi connectivity index (χ3v) is 7.58. The second-order valence-electron chi connectivity index (χ2n) is 9.69. The molecule has 1 aliphatic carbocycles. The minimum atomic E-state index is -1.20. The maximum Gasteiger partial charge on any atom is 0.338 e. The van der Waals surface area contributed by atoms with Gasteiger partial charge in [-0.25, -0.2) is 9.59 Å². The number of nitrogens with zero attached hydrogens (tertiary/aromatic N) is 1. The van der Waals surface area contributed by atoms with E-state index >= 15 is 0 Å². The van der Waals surface area contributed by atoms with E-state index in [9.17, 15) is 29.9 Å². The van der Waals surface area contributed by atoms with E-state index in [1.807, 2.05) is 37.3 Å². The van der Waals surface area contributed by atoms with Gasteiger partial charge >= 0.3 is 11.9 Å². The highest BCUT2D eigenvalue weighted by Crippen LogP contribution is 2.37. The largest absolute Gasteiger partial charge is 0.478 e. The molecule has 0 bridgehead atoms. The number of nitro benzene ring substituents is 1. The van der Waals surface area contributed by atoms with E-state index in [-0.39, 0.29) is 22.9 Å². The van der Waals surface area contributed by atoms with Crippen LogP contribution < -0.4 is 5.32 Å². The fourth-order valence-corrected chi connectivity index (χ4v) is 5.18. The molecule has 39 heavy (non-hydrogen) atoms. The summed E-state index contributed by atoms with van der Waals surface area (Å²) in [6, 6.07) is 20.9. The van der Waals surface area contributed by atoms with Crippen molar-refractivity contribution < 1.29 is 29.8 Å². The Hall–Kier alpha value is -3.89. The van der Waals surface area contributed by atoms with Gasteiger partial charge in [0.25, 0.3) is 5.69 Å². The summed E-state index contributed by atoms with van der Waals surface area (Å²) in [5.74, 6) is -1.25. The number of hydrogen-bond acceptors (Lipinski definition) is 7. The molecule has 0 atom stereocenters. The summed E-state index contributed by atoms with van der Waals surface area (Å²) in [6.45, 7) is 2.25. The summed E-state index contributed by atoms with van der Waals surface area (Å²) in [6.07, 6.45) is 2.92.